The van der Waals surface area contributed by atoms with Crippen LogP contribution in [0.1, 0.15) is 18.7 Å². The monoisotopic (exact) mass is 211 g/mol. The van der Waals surface area contributed by atoms with Crippen molar-refractivity contribution in [3.8, 4) is 0 Å². The van der Waals surface area contributed by atoms with Gasteiger partial charge in [0, 0.05) is 26.1 Å². The number of nitrogens with one attached hydrogen (secondary N) is 1. The van der Waals surface area contributed by atoms with Gasteiger partial charge in [-0.05, 0) is 18.8 Å². The van der Waals surface area contributed by atoms with Crippen molar-refractivity contribution in [2.75, 3.05) is 26.3 Å². The van der Waals surface area contributed by atoms with Gasteiger partial charge in [-0.3, -0.25) is 0 Å². The van der Waals surface area contributed by atoms with Gasteiger partial charge in [0.1, 0.15) is 0 Å². The Morgan fingerprint density at radius 2 is 2.53 bits per heavy atom. The molecule has 5 heteroatoms. The van der Waals surface area contributed by atoms with Crippen molar-refractivity contribution in [3.63, 3.8) is 0 Å². The van der Waals surface area contributed by atoms with Crippen LogP contribution < -0.4 is 5.32 Å². The van der Waals surface area contributed by atoms with Gasteiger partial charge in [0.2, 0.25) is 5.89 Å². The molecule has 1 N–H and O–H groups in total. The zero-order chi connectivity index (χ0) is 10.3. The van der Waals surface area contributed by atoms with E-state index in [1.807, 2.05) is 0 Å². The van der Waals surface area contributed by atoms with Crippen LogP contribution in [0.2, 0.25) is 0 Å². The Kier molecular flexibility index (Phi) is 4.11. The van der Waals surface area contributed by atoms with Crippen molar-refractivity contribution in [1.29, 1.82) is 0 Å². The number of nitrogens with zero attached hydrogens (tertiary/aromatic N) is 2. The van der Waals surface area contributed by atoms with Crippen molar-refractivity contribution in [1.82, 2.24) is 15.5 Å². The molecule has 2 heterocycles. The maximum absolute atomic E-state index is 5.40. The van der Waals surface area contributed by atoms with Crippen LogP contribution in [-0.2, 0) is 11.2 Å². The van der Waals surface area contributed by atoms with Crippen LogP contribution >= 0.6 is 0 Å². The molecule has 1 saturated heterocycles. The van der Waals surface area contributed by atoms with Crippen molar-refractivity contribution >= 4 is 0 Å². The van der Waals surface area contributed by atoms with Gasteiger partial charge in [-0.15, -0.1) is 0 Å². The first-order valence-electron chi connectivity index (χ1n) is 5.49. The lowest BCUT2D eigenvalue weighted by molar-refractivity contribution is 0.0549. The lowest BCUT2D eigenvalue weighted by atomic mass is 10.0. The second-order valence-corrected chi connectivity index (χ2v) is 3.87. The van der Waals surface area contributed by atoms with E-state index >= 15 is 0 Å². The average Bonchev–Trinajstić information content (AvgIpc) is 2.79. The highest BCUT2D eigenvalue weighted by Gasteiger charge is 2.12. The Balaban J connectivity index is 1.54. The van der Waals surface area contributed by atoms with Gasteiger partial charge >= 0.3 is 0 Å². The standard InChI is InChI=1S/C10H17N3O2/c1-2-9(7-14-5-1)6-11-4-3-10-12-8-13-15-10/h8-9,11H,1-7H2. The van der Waals surface area contributed by atoms with Crippen LogP contribution in [0.4, 0.5) is 0 Å². The third kappa shape index (κ3) is 3.60. The summed E-state index contributed by atoms with van der Waals surface area (Å²) >= 11 is 0. The molecule has 1 aliphatic heterocycles. The molecule has 0 saturated carbocycles. The first-order chi connectivity index (χ1) is 7.45. The smallest absolute Gasteiger partial charge is 0.227 e. The summed E-state index contributed by atoms with van der Waals surface area (Å²) in [5.74, 6) is 1.36. The van der Waals surface area contributed by atoms with E-state index in [1.54, 1.807) is 0 Å². The zero-order valence-electron chi connectivity index (χ0n) is 8.82. The fraction of sp³-hybridized carbons (Fsp3) is 0.800. The van der Waals surface area contributed by atoms with Gasteiger partial charge in [0.15, 0.2) is 6.33 Å². The minimum Gasteiger partial charge on any atom is -0.381 e. The minimum absolute atomic E-state index is 0.668. The summed E-state index contributed by atoms with van der Waals surface area (Å²) in [6.07, 6.45) is 4.70. The molecule has 0 aromatic carbocycles. The van der Waals surface area contributed by atoms with Crippen LogP contribution in [0, 0.1) is 5.92 Å². The Bertz CT molecular complexity index is 258. The van der Waals surface area contributed by atoms with Crippen LogP contribution in [-0.4, -0.2) is 36.4 Å². The fourth-order valence-electron chi connectivity index (χ4n) is 1.78. The van der Waals surface area contributed by atoms with Crippen molar-refractivity contribution < 1.29 is 9.26 Å². The topological polar surface area (TPSA) is 60.2 Å². The number of rotatable bonds is 5. The Morgan fingerprint density at radius 1 is 1.53 bits per heavy atom. The summed E-state index contributed by atoms with van der Waals surface area (Å²) < 4.78 is 10.3. The quantitative estimate of drug-likeness (QED) is 0.724. The van der Waals surface area contributed by atoms with E-state index in [4.69, 9.17) is 9.26 Å². The molecule has 0 spiro atoms. The van der Waals surface area contributed by atoms with Crippen LogP contribution in [0.5, 0.6) is 0 Å². The Morgan fingerprint density at radius 3 is 3.27 bits per heavy atom. The van der Waals surface area contributed by atoms with Crippen LogP contribution in [0.3, 0.4) is 0 Å². The molecule has 84 valence electrons. The SMILES string of the molecule is c1noc(CCNCC2CCCOC2)n1. The van der Waals surface area contributed by atoms with E-state index in [0.29, 0.717) is 11.8 Å². The van der Waals surface area contributed by atoms with E-state index in [9.17, 15) is 0 Å². The van der Waals surface area contributed by atoms with E-state index < -0.39 is 0 Å². The molecule has 0 bridgehead atoms. The van der Waals surface area contributed by atoms with Crippen LogP contribution in [0.15, 0.2) is 10.9 Å². The first-order valence-corrected chi connectivity index (χ1v) is 5.49. The first kappa shape index (κ1) is 10.6. The molecule has 0 aliphatic carbocycles. The van der Waals surface area contributed by atoms with Gasteiger partial charge in [0.25, 0.3) is 0 Å². The summed E-state index contributed by atoms with van der Waals surface area (Å²) in [5.41, 5.74) is 0. The zero-order valence-corrected chi connectivity index (χ0v) is 8.82. The molecule has 1 unspecified atom stereocenters. The Hall–Kier alpha value is -0.940. The summed E-state index contributed by atoms with van der Waals surface area (Å²) in [7, 11) is 0. The number of hydrogen-bond donors (Lipinski definition) is 1. The van der Waals surface area contributed by atoms with Gasteiger partial charge < -0.3 is 14.6 Å². The van der Waals surface area contributed by atoms with E-state index in [1.165, 1.54) is 19.2 Å². The molecule has 1 aliphatic rings. The van der Waals surface area contributed by atoms with Crippen molar-refractivity contribution in [3.05, 3.63) is 12.2 Å². The van der Waals surface area contributed by atoms with Crippen LogP contribution in [0.25, 0.3) is 0 Å². The predicted molar refractivity (Wildman–Crippen MR) is 54.4 cm³/mol. The number of hydrogen-bond acceptors (Lipinski definition) is 5. The predicted octanol–water partition coefficient (Wildman–Crippen LogP) is 0.628. The molecule has 15 heavy (non-hydrogen) atoms. The van der Waals surface area contributed by atoms with Gasteiger partial charge in [-0.25, -0.2) is 0 Å². The lowest BCUT2D eigenvalue weighted by Crippen LogP contribution is -2.30. The molecule has 0 amide bonds. The maximum Gasteiger partial charge on any atom is 0.227 e. The summed E-state index contributed by atoms with van der Waals surface area (Å²) in [5, 5.41) is 6.94. The normalized spacial score (nSPS) is 21.7. The molecule has 1 aromatic rings. The van der Waals surface area contributed by atoms with E-state index in [2.05, 4.69) is 15.5 Å². The fourth-order valence-corrected chi connectivity index (χ4v) is 1.78. The summed E-state index contributed by atoms with van der Waals surface area (Å²) in [4.78, 5) is 3.96. The molecular weight excluding hydrogens is 194 g/mol. The second kappa shape index (κ2) is 5.82. The summed E-state index contributed by atoms with van der Waals surface area (Å²) in [6, 6.07) is 0. The molecule has 1 aromatic heterocycles. The third-order valence-electron chi connectivity index (χ3n) is 2.61. The molecule has 5 nitrogen and oxygen atoms in total. The second-order valence-electron chi connectivity index (χ2n) is 3.87. The Labute approximate surface area is 89.2 Å². The summed E-state index contributed by atoms with van der Waals surface area (Å²) in [6.45, 7) is 3.73. The molecule has 2 rings (SSSR count). The largest absolute Gasteiger partial charge is 0.381 e. The van der Waals surface area contributed by atoms with E-state index in [-0.39, 0.29) is 0 Å². The van der Waals surface area contributed by atoms with Gasteiger partial charge in [-0.1, -0.05) is 5.16 Å². The van der Waals surface area contributed by atoms with Gasteiger partial charge in [0.05, 0.1) is 6.61 Å². The van der Waals surface area contributed by atoms with Crippen molar-refractivity contribution in [2.24, 2.45) is 5.92 Å². The molecule has 1 atom stereocenters. The minimum atomic E-state index is 0.668. The van der Waals surface area contributed by atoms with E-state index in [0.717, 1.165) is 32.7 Å². The average molecular weight is 211 g/mol. The number of aromatic nitrogens is 2. The molecular formula is C10H17N3O2. The number of ether oxygens (including phenoxy) is 1. The third-order valence-corrected chi connectivity index (χ3v) is 2.61. The molecule has 1 fully saturated rings. The van der Waals surface area contributed by atoms with Gasteiger partial charge in [-0.2, -0.15) is 4.98 Å². The lowest BCUT2D eigenvalue weighted by Gasteiger charge is -2.22. The molecule has 0 radical (unpaired) electrons. The highest BCUT2D eigenvalue weighted by atomic mass is 16.5. The highest BCUT2D eigenvalue weighted by molar-refractivity contribution is 4.75. The maximum atomic E-state index is 5.40. The highest BCUT2D eigenvalue weighted by Crippen LogP contribution is 2.11. The van der Waals surface area contributed by atoms with Crippen molar-refractivity contribution in [2.45, 2.75) is 19.3 Å².